The lowest BCUT2D eigenvalue weighted by molar-refractivity contribution is 0.135. The maximum Gasteiger partial charge on any atom is 0.0669 e. The molecule has 16 heavy (non-hydrogen) atoms. The third kappa shape index (κ3) is 2.83. The van der Waals surface area contributed by atoms with Crippen LogP contribution in [-0.4, -0.2) is 23.0 Å². The highest BCUT2D eigenvalue weighted by Crippen LogP contribution is 2.15. The van der Waals surface area contributed by atoms with E-state index < -0.39 is 0 Å². The summed E-state index contributed by atoms with van der Waals surface area (Å²) in [6.45, 7) is 9.16. The Bertz CT molecular complexity index is 320. The summed E-state index contributed by atoms with van der Waals surface area (Å²) >= 11 is 0. The van der Waals surface area contributed by atoms with Crippen molar-refractivity contribution < 1.29 is 4.74 Å². The van der Waals surface area contributed by atoms with Gasteiger partial charge in [0.15, 0.2) is 0 Å². The van der Waals surface area contributed by atoms with Gasteiger partial charge in [0.1, 0.15) is 0 Å². The largest absolute Gasteiger partial charge is 0.380 e. The number of aromatic nitrogens is 2. The normalized spacial score (nSPS) is 11.0. The molecule has 0 bridgehead atoms. The molecule has 0 aliphatic rings. The van der Waals surface area contributed by atoms with Crippen molar-refractivity contribution >= 4 is 0 Å². The first-order valence-electron chi connectivity index (χ1n) is 6.13. The SMILES string of the molecule is CCOCCn1nc(CC)c(CN)c1CC. The van der Waals surface area contributed by atoms with Gasteiger partial charge in [0, 0.05) is 24.4 Å². The van der Waals surface area contributed by atoms with Crippen molar-refractivity contribution in [3.63, 3.8) is 0 Å². The zero-order valence-electron chi connectivity index (χ0n) is 10.6. The molecule has 1 aromatic rings. The summed E-state index contributed by atoms with van der Waals surface area (Å²) in [4.78, 5) is 0. The summed E-state index contributed by atoms with van der Waals surface area (Å²) < 4.78 is 7.41. The molecule has 0 saturated carbocycles. The second kappa shape index (κ2) is 6.66. The van der Waals surface area contributed by atoms with Crippen molar-refractivity contribution in [2.75, 3.05) is 13.2 Å². The summed E-state index contributed by atoms with van der Waals surface area (Å²) in [5.41, 5.74) is 9.41. The molecule has 0 aliphatic heterocycles. The van der Waals surface area contributed by atoms with E-state index in [1.54, 1.807) is 0 Å². The first kappa shape index (κ1) is 13.2. The van der Waals surface area contributed by atoms with Crippen LogP contribution in [0.5, 0.6) is 0 Å². The second-order valence-corrected chi connectivity index (χ2v) is 3.70. The number of hydrogen-bond donors (Lipinski definition) is 1. The van der Waals surface area contributed by atoms with Crippen LogP contribution in [0.2, 0.25) is 0 Å². The molecule has 0 aromatic carbocycles. The smallest absolute Gasteiger partial charge is 0.0669 e. The van der Waals surface area contributed by atoms with E-state index in [2.05, 4.69) is 23.6 Å². The number of nitrogens with two attached hydrogens (primary N) is 1. The minimum absolute atomic E-state index is 0.584. The Morgan fingerprint density at radius 1 is 1.25 bits per heavy atom. The molecule has 0 saturated heterocycles. The lowest BCUT2D eigenvalue weighted by atomic mass is 10.1. The van der Waals surface area contributed by atoms with Gasteiger partial charge in [0.2, 0.25) is 0 Å². The highest BCUT2D eigenvalue weighted by Gasteiger charge is 2.13. The lowest BCUT2D eigenvalue weighted by Crippen LogP contribution is -2.11. The molecule has 0 aliphatic carbocycles. The van der Waals surface area contributed by atoms with Crippen LogP contribution in [0.3, 0.4) is 0 Å². The van der Waals surface area contributed by atoms with Gasteiger partial charge >= 0.3 is 0 Å². The molecule has 1 aromatic heterocycles. The van der Waals surface area contributed by atoms with Crippen LogP contribution in [0, 0.1) is 0 Å². The monoisotopic (exact) mass is 225 g/mol. The van der Waals surface area contributed by atoms with Crippen molar-refractivity contribution in [3.8, 4) is 0 Å². The van der Waals surface area contributed by atoms with E-state index in [4.69, 9.17) is 10.5 Å². The fraction of sp³-hybridized carbons (Fsp3) is 0.750. The Morgan fingerprint density at radius 2 is 2.00 bits per heavy atom. The average molecular weight is 225 g/mol. The first-order chi connectivity index (χ1) is 7.78. The van der Waals surface area contributed by atoms with Gasteiger partial charge in [-0.25, -0.2) is 0 Å². The molecule has 1 heterocycles. The van der Waals surface area contributed by atoms with Gasteiger partial charge in [0.05, 0.1) is 18.8 Å². The minimum Gasteiger partial charge on any atom is -0.380 e. The van der Waals surface area contributed by atoms with Crippen LogP contribution in [0.1, 0.15) is 37.7 Å². The van der Waals surface area contributed by atoms with Gasteiger partial charge in [-0.05, 0) is 19.8 Å². The lowest BCUT2D eigenvalue weighted by Gasteiger charge is -2.06. The van der Waals surface area contributed by atoms with Crippen molar-refractivity contribution in [1.82, 2.24) is 9.78 Å². The van der Waals surface area contributed by atoms with Crippen LogP contribution >= 0.6 is 0 Å². The van der Waals surface area contributed by atoms with Crippen LogP contribution in [0.15, 0.2) is 0 Å². The zero-order chi connectivity index (χ0) is 12.0. The Labute approximate surface area is 97.8 Å². The van der Waals surface area contributed by atoms with E-state index in [0.717, 1.165) is 38.3 Å². The fourth-order valence-corrected chi connectivity index (χ4v) is 1.98. The van der Waals surface area contributed by atoms with E-state index in [-0.39, 0.29) is 0 Å². The number of ether oxygens (including phenoxy) is 1. The Kier molecular flexibility index (Phi) is 5.49. The topological polar surface area (TPSA) is 53.1 Å². The van der Waals surface area contributed by atoms with Gasteiger partial charge in [-0.2, -0.15) is 5.10 Å². The number of rotatable bonds is 7. The molecule has 0 radical (unpaired) electrons. The standard InChI is InChI=1S/C12H23N3O/c1-4-11-10(9-13)12(5-2)15(14-11)7-8-16-6-3/h4-9,13H2,1-3H3. The maximum absolute atomic E-state index is 5.79. The van der Waals surface area contributed by atoms with Gasteiger partial charge in [-0.15, -0.1) is 0 Å². The summed E-state index contributed by atoms with van der Waals surface area (Å²) in [5, 5.41) is 4.60. The highest BCUT2D eigenvalue weighted by atomic mass is 16.5. The number of aryl methyl sites for hydroxylation is 1. The quantitative estimate of drug-likeness (QED) is 0.716. The Morgan fingerprint density at radius 3 is 2.50 bits per heavy atom. The molecule has 4 nitrogen and oxygen atoms in total. The fourth-order valence-electron chi connectivity index (χ4n) is 1.98. The molecule has 2 N–H and O–H groups in total. The second-order valence-electron chi connectivity index (χ2n) is 3.70. The van der Waals surface area contributed by atoms with E-state index in [1.807, 2.05) is 6.92 Å². The summed E-state index contributed by atoms with van der Waals surface area (Å²) in [7, 11) is 0. The van der Waals surface area contributed by atoms with E-state index in [0.29, 0.717) is 6.54 Å². The van der Waals surface area contributed by atoms with Crippen molar-refractivity contribution in [3.05, 3.63) is 17.0 Å². The van der Waals surface area contributed by atoms with Crippen molar-refractivity contribution in [2.24, 2.45) is 5.73 Å². The summed E-state index contributed by atoms with van der Waals surface area (Å²) in [6.07, 6.45) is 1.92. The van der Waals surface area contributed by atoms with Crippen LogP contribution in [0.4, 0.5) is 0 Å². The Hall–Kier alpha value is -0.870. The molecular weight excluding hydrogens is 202 g/mol. The third-order valence-corrected chi connectivity index (χ3v) is 2.78. The van der Waals surface area contributed by atoms with Gasteiger partial charge in [-0.3, -0.25) is 4.68 Å². The van der Waals surface area contributed by atoms with Crippen molar-refractivity contribution in [1.29, 1.82) is 0 Å². The van der Waals surface area contributed by atoms with Crippen molar-refractivity contribution in [2.45, 2.75) is 46.7 Å². The molecule has 92 valence electrons. The molecule has 0 unspecified atom stereocenters. The van der Waals surface area contributed by atoms with Crippen LogP contribution < -0.4 is 5.73 Å². The van der Waals surface area contributed by atoms with Crippen LogP contribution in [0.25, 0.3) is 0 Å². The van der Waals surface area contributed by atoms with Gasteiger partial charge in [0.25, 0.3) is 0 Å². The van der Waals surface area contributed by atoms with E-state index in [1.165, 1.54) is 11.3 Å². The zero-order valence-corrected chi connectivity index (χ0v) is 10.6. The minimum atomic E-state index is 0.584. The van der Waals surface area contributed by atoms with E-state index in [9.17, 15) is 0 Å². The highest BCUT2D eigenvalue weighted by molar-refractivity contribution is 5.26. The van der Waals surface area contributed by atoms with Gasteiger partial charge < -0.3 is 10.5 Å². The Balaban J connectivity index is 2.85. The molecule has 0 spiro atoms. The molecular formula is C12H23N3O. The molecule has 1 rings (SSSR count). The first-order valence-corrected chi connectivity index (χ1v) is 6.13. The van der Waals surface area contributed by atoms with Gasteiger partial charge in [-0.1, -0.05) is 13.8 Å². The number of hydrogen-bond acceptors (Lipinski definition) is 3. The molecule has 0 atom stereocenters. The summed E-state index contributed by atoms with van der Waals surface area (Å²) in [6, 6.07) is 0. The third-order valence-electron chi connectivity index (χ3n) is 2.78. The predicted molar refractivity (Wildman–Crippen MR) is 65.4 cm³/mol. The summed E-state index contributed by atoms with van der Waals surface area (Å²) in [5.74, 6) is 0. The predicted octanol–water partition coefficient (Wildman–Crippen LogP) is 1.50. The van der Waals surface area contributed by atoms with E-state index >= 15 is 0 Å². The maximum atomic E-state index is 5.79. The molecule has 4 heteroatoms. The number of nitrogens with zero attached hydrogens (tertiary/aromatic N) is 2. The molecule has 0 amide bonds. The average Bonchev–Trinajstić information content (AvgIpc) is 2.66. The molecule has 0 fully saturated rings. The van der Waals surface area contributed by atoms with Crippen LogP contribution in [-0.2, 0) is 30.7 Å².